The van der Waals surface area contributed by atoms with Crippen LogP contribution in [0.4, 0.5) is 18.9 Å². The van der Waals surface area contributed by atoms with E-state index in [-0.39, 0.29) is 16.5 Å². The summed E-state index contributed by atoms with van der Waals surface area (Å²) < 4.78 is 44.8. The van der Waals surface area contributed by atoms with Crippen molar-refractivity contribution in [3.05, 3.63) is 18.2 Å². The lowest BCUT2D eigenvalue weighted by atomic mass is 10.3. The molecule has 3 N–H and O–H groups in total. The molecule has 0 aliphatic carbocycles. The molecule has 8 heteroatoms. The number of hydrogen-bond acceptors (Lipinski definition) is 3. The molecule has 0 saturated heterocycles. The molecule has 0 spiro atoms. The molecule has 0 aliphatic heterocycles. The predicted octanol–water partition coefficient (Wildman–Crippen LogP) is 2.25. The Balaban J connectivity index is 3.02. The number of benzene rings is 1. The van der Waals surface area contributed by atoms with E-state index in [1.807, 2.05) is 0 Å². The lowest BCUT2D eigenvalue weighted by Gasteiger charge is -2.14. The standard InChI is InChI=1S/C9H9F3N2O2S/c1-15-6-3-2-5(14-8(13)17)4-7(6)16-9(10,11)12/h2-4H,1H3,(H3,13,14,17). The van der Waals surface area contributed by atoms with Crippen LogP contribution < -0.4 is 20.5 Å². The zero-order chi connectivity index (χ0) is 13.1. The highest BCUT2D eigenvalue weighted by molar-refractivity contribution is 7.80. The van der Waals surface area contributed by atoms with Crippen LogP contribution in [0.2, 0.25) is 0 Å². The van der Waals surface area contributed by atoms with Crippen molar-refractivity contribution < 1.29 is 22.6 Å². The zero-order valence-electron chi connectivity index (χ0n) is 8.67. The van der Waals surface area contributed by atoms with E-state index >= 15 is 0 Å². The Hall–Kier alpha value is -1.70. The number of anilines is 1. The molecular weight excluding hydrogens is 257 g/mol. The van der Waals surface area contributed by atoms with Gasteiger partial charge in [-0.2, -0.15) is 0 Å². The average Bonchev–Trinajstić information content (AvgIpc) is 2.14. The summed E-state index contributed by atoms with van der Waals surface area (Å²) in [6.45, 7) is 0. The molecule has 1 aromatic carbocycles. The maximum Gasteiger partial charge on any atom is 0.573 e. The summed E-state index contributed by atoms with van der Waals surface area (Å²) in [7, 11) is 1.24. The molecule has 0 saturated carbocycles. The summed E-state index contributed by atoms with van der Waals surface area (Å²) in [4.78, 5) is 0. The first kappa shape index (κ1) is 13.4. The van der Waals surface area contributed by atoms with Gasteiger partial charge >= 0.3 is 6.36 Å². The highest BCUT2D eigenvalue weighted by Gasteiger charge is 2.32. The SMILES string of the molecule is COc1ccc(NC(N)=S)cc1OC(F)(F)F. The van der Waals surface area contributed by atoms with Gasteiger partial charge in [-0.3, -0.25) is 0 Å². The van der Waals surface area contributed by atoms with Crippen molar-refractivity contribution in [2.24, 2.45) is 5.73 Å². The fourth-order valence-corrected chi connectivity index (χ4v) is 1.22. The van der Waals surface area contributed by atoms with Gasteiger partial charge in [0.2, 0.25) is 0 Å². The van der Waals surface area contributed by atoms with Crippen LogP contribution >= 0.6 is 12.2 Å². The number of rotatable bonds is 3. The summed E-state index contributed by atoms with van der Waals surface area (Å²) in [6.07, 6.45) is -4.80. The first-order valence-corrected chi connectivity index (χ1v) is 4.73. The summed E-state index contributed by atoms with van der Waals surface area (Å²) in [5.41, 5.74) is 5.47. The minimum atomic E-state index is -4.80. The van der Waals surface area contributed by atoms with Crippen LogP contribution in [0.5, 0.6) is 11.5 Å². The third-order valence-corrected chi connectivity index (χ3v) is 1.76. The molecule has 0 amide bonds. The van der Waals surface area contributed by atoms with Gasteiger partial charge in [0.25, 0.3) is 0 Å². The summed E-state index contributed by atoms with van der Waals surface area (Å²) in [5, 5.41) is 2.43. The molecule has 0 unspecified atom stereocenters. The highest BCUT2D eigenvalue weighted by Crippen LogP contribution is 2.34. The normalized spacial score (nSPS) is 10.8. The van der Waals surface area contributed by atoms with Crippen molar-refractivity contribution in [2.75, 3.05) is 12.4 Å². The Kier molecular flexibility index (Phi) is 4.00. The van der Waals surface area contributed by atoms with Crippen molar-refractivity contribution in [1.29, 1.82) is 0 Å². The molecular formula is C9H9F3N2O2S. The van der Waals surface area contributed by atoms with Crippen molar-refractivity contribution in [3.8, 4) is 11.5 Å². The van der Waals surface area contributed by atoms with Crippen molar-refractivity contribution in [3.63, 3.8) is 0 Å². The molecule has 0 fully saturated rings. The van der Waals surface area contributed by atoms with E-state index in [2.05, 4.69) is 22.3 Å². The topological polar surface area (TPSA) is 56.5 Å². The van der Waals surface area contributed by atoms with Crippen molar-refractivity contribution in [1.82, 2.24) is 0 Å². The molecule has 0 radical (unpaired) electrons. The van der Waals surface area contributed by atoms with E-state index in [0.29, 0.717) is 0 Å². The van der Waals surface area contributed by atoms with Crippen LogP contribution in [0, 0.1) is 0 Å². The van der Waals surface area contributed by atoms with Gasteiger partial charge in [0.05, 0.1) is 7.11 Å². The van der Waals surface area contributed by atoms with Crippen molar-refractivity contribution >= 4 is 23.0 Å². The number of nitrogens with one attached hydrogen (secondary N) is 1. The number of halogens is 3. The second-order valence-electron chi connectivity index (χ2n) is 2.90. The molecule has 0 aliphatic rings. The highest BCUT2D eigenvalue weighted by atomic mass is 32.1. The van der Waals surface area contributed by atoms with Crippen LogP contribution in [0.15, 0.2) is 18.2 Å². The van der Waals surface area contributed by atoms with E-state index in [1.54, 1.807) is 0 Å². The van der Waals surface area contributed by atoms with Gasteiger partial charge in [-0.15, -0.1) is 13.2 Å². The van der Waals surface area contributed by atoms with E-state index in [1.165, 1.54) is 19.2 Å². The van der Waals surface area contributed by atoms with Crippen LogP contribution in [0.3, 0.4) is 0 Å². The minimum Gasteiger partial charge on any atom is -0.493 e. The molecule has 0 heterocycles. The second-order valence-corrected chi connectivity index (χ2v) is 3.34. The Bertz CT molecular complexity index is 423. The van der Waals surface area contributed by atoms with Gasteiger partial charge in [0, 0.05) is 11.8 Å². The molecule has 94 valence electrons. The maximum atomic E-state index is 12.1. The first-order valence-electron chi connectivity index (χ1n) is 4.32. The summed E-state index contributed by atoms with van der Waals surface area (Å²) >= 11 is 4.56. The number of ether oxygens (including phenoxy) is 2. The quantitative estimate of drug-likeness (QED) is 0.822. The Morgan fingerprint density at radius 3 is 2.47 bits per heavy atom. The fraction of sp³-hybridized carbons (Fsp3) is 0.222. The largest absolute Gasteiger partial charge is 0.573 e. The number of nitrogens with two attached hydrogens (primary N) is 1. The van der Waals surface area contributed by atoms with Gasteiger partial charge < -0.3 is 20.5 Å². The molecule has 1 aromatic rings. The second kappa shape index (κ2) is 5.09. The average molecular weight is 266 g/mol. The maximum absolute atomic E-state index is 12.1. The molecule has 17 heavy (non-hydrogen) atoms. The van der Waals surface area contributed by atoms with Gasteiger partial charge in [-0.05, 0) is 24.4 Å². The van der Waals surface area contributed by atoms with E-state index in [0.717, 1.165) is 6.07 Å². The summed E-state index contributed by atoms with van der Waals surface area (Å²) in [6, 6.07) is 3.86. The number of hydrogen-bond donors (Lipinski definition) is 2. The van der Waals surface area contributed by atoms with E-state index < -0.39 is 12.1 Å². The van der Waals surface area contributed by atoms with Crippen LogP contribution in [0.25, 0.3) is 0 Å². The molecule has 4 nitrogen and oxygen atoms in total. The van der Waals surface area contributed by atoms with E-state index in [9.17, 15) is 13.2 Å². The minimum absolute atomic E-state index is 0.0455. The Labute approximate surface area is 100 Å². The third kappa shape index (κ3) is 4.35. The van der Waals surface area contributed by atoms with Gasteiger partial charge in [0.15, 0.2) is 16.6 Å². The van der Waals surface area contributed by atoms with Crippen LogP contribution in [-0.2, 0) is 0 Å². The fourth-order valence-electron chi connectivity index (χ4n) is 1.10. The molecule has 1 rings (SSSR count). The third-order valence-electron chi connectivity index (χ3n) is 1.66. The number of thiocarbonyl (C=S) groups is 1. The molecule has 0 aromatic heterocycles. The zero-order valence-corrected chi connectivity index (χ0v) is 9.48. The molecule has 0 atom stereocenters. The van der Waals surface area contributed by atoms with Gasteiger partial charge in [-0.1, -0.05) is 0 Å². The van der Waals surface area contributed by atoms with E-state index in [4.69, 9.17) is 10.5 Å². The Morgan fingerprint density at radius 1 is 1.35 bits per heavy atom. The van der Waals surface area contributed by atoms with Gasteiger partial charge in [0.1, 0.15) is 0 Å². The number of alkyl halides is 3. The lowest BCUT2D eigenvalue weighted by Crippen LogP contribution is -2.20. The molecule has 0 bridgehead atoms. The predicted molar refractivity (Wildman–Crippen MR) is 60.1 cm³/mol. The smallest absolute Gasteiger partial charge is 0.493 e. The monoisotopic (exact) mass is 266 g/mol. The first-order chi connectivity index (χ1) is 7.81. The number of methoxy groups -OCH3 is 1. The Morgan fingerprint density at radius 2 is 2.00 bits per heavy atom. The summed E-state index contributed by atoms with van der Waals surface area (Å²) in [5.74, 6) is -0.517. The van der Waals surface area contributed by atoms with Crippen molar-refractivity contribution in [2.45, 2.75) is 6.36 Å². The van der Waals surface area contributed by atoms with Crippen LogP contribution in [-0.4, -0.2) is 18.6 Å². The van der Waals surface area contributed by atoms with Crippen LogP contribution in [0.1, 0.15) is 0 Å². The van der Waals surface area contributed by atoms with Gasteiger partial charge in [-0.25, -0.2) is 0 Å². The lowest BCUT2D eigenvalue weighted by molar-refractivity contribution is -0.275.